The summed E-state index contributed by atoms with van der Waals surface area (Å²) in [6.07, 6.45) is 6.87. The van der Waals surface area contributed by atoms with Gasteiger partial charge in [0.25, 0.3) is 0 Å². The third kappa shape index (κ3) is 5.37. The van der Waals surface area contributed by atoms with Gasteiger partial charge in [-0.1, -0.05) is 74.1 Å². The molecule has 0 nitrogen and oxygen atoms in total. The summed E-state index contributed by atoms with van der Waals surface area (Å²) < 4.78 is 0. The maximum Gasteiger partial charge on any atom is -0.0354 e. The highest BCUT2D eigenvalue weighted by molar-refractivity contribution is 4.74. The summed E-state index contributed by atoms with van der Waals surface area (Å²) in [6, 6.07) is 0. The van der Waals surface area contributed by atoms with Crippen molar-refractivity contribution < 1.29 is 0 Å². The van der Waals surface area contributed by atoms with E-state index in [1.807, 2.05) is 0 Å². The molecule has 0 aliphatic heterocycles. The van der Waals surface area contributed by atoms with Crippen LogP contribution in [0.4, 0.5) is 0 Å². The van der Waals surface area contributed by atoms with Gasteiger partial charge in [-0.15, -0.1) is 0 Å². The van der Waals surface area contributed by atoms with E-state index in [9.17, 15) is 0 Å². The van der Waals surface area contributed by atoms with Gasteiger partial charge in [0.05, 0.1) is 0 Å². The van der Waals surface area contributed by atoms with Crippen LogP contribution in [0.5, 0.6) is 0 Å². The molecule has 0 heteroatoms. The molecule has 0 spiro atoms. The Morgan fingerprint density at radius 2 is 1.31 bits per heavy atom. The predicted molar refractivity (Wildman–Crippen MR) is 75.7 cm³/mol. The fourth-order valence-corrected chi connectivity index (χ4v) is 3.04. The average Bonchev–Trinajstić information content (AvgIpc) is 2.18. The summed E-state index contributed by atoms with van der Waals surface area (Å²) in [5.74, 6) is 2.74. The Labute approximate surface area is 104 Å². The lowest BCUT2D eigenvalue weighted by Crippen LogP contribution is -2.21. The second-order valence-corrected chi connectivity index (χ2v) is 6.60. The molecule has 0 bridgehead atoms. The van der Waals surface area contributed by atoms with E-state index in [2.05, 4.69) is 48.5 Å². The molecule has 0 rings (SSSR count). The molecule has 16 heavy (non-hydrogen) atoms. The summed E-state index contributed by atoms with van der Waals surface area (Å²) in [5.41, 5.74) is 0.488. The van der Waals surface area contributed by atoms with Gasteiger partial charge in [-0.2, -0.15) is 0 Å². The molecule has 0 heterocycles. The Morgan fingerprint density at radius 1 is 0.812 bits per heavy atom. The summed E-state index contributed by atoms with van der Waals surface area (Å²) in [7, 11) is 0. The predicted octanol–water partition coefficient (Wildman–Crippen LogP) is 5.91. The fourth-order valence-electron chi connectivity index (χ4n) is 3.04. The molecule has 0 saturated heterocycles. The fraction of sp³-hybridized carbons (Fsp3) is 1.00. The first-order valence-electron chi connectivity index (χ1n) is 7.36. The van der Waals surface area contributed by atoms with Crippen LogP contribution in [-0.4, -0.2) is 0 Å². The Hall–Kier alpha value is 0. The van der Waals surface area contributed by atoms with Crippen molar-refractivity contribution in [3.8, 4) is 0 Å². The summed E-state index contributed by atoms with van der Waals surface area (Å²) in [6.45, 7) is 16.6. The van der Waals surface area contributed by atoms with E-state index in [1.165, 1.54) is 32.1 Å². The van der Waals surface area contributed by atoms with Crippen LogP contribution in [0.25, 0.3) is 0 Å². The molecule has 0 radical (unpaired) electrons. The van der Waals surface area contributed by atoms with Crippen LogP contribution >= 0.6 is 0 Å². The zero-order valence-electron chi connectivity index (χ0n) is 12.8. The lowest BCUT2D eigenvalue weighted by atomic mass is 9.74. The van der Waals surface area contributed by atoms with Crippen LogP contribution < -0.4 is 0 Å². The van der Waals surface area contributed by atoms with Crippen molar-refractivity contribution in [3.05, 3.63) is 0 Å². The van der Waals surface area contributed by atoms with Gasteiger partial charge < -0.3 is 0 Å². The van der Waals surface area contributed by atoms with Crippen LogP contribution in [0.2, 0.25) is 0 Å². The molecule has 2 atom stereocenters. The van der Waals surface area contributed by atoms with Gasteiger partial charge in [-0.25, -0.2) is 0 Å². The molecule has 98 valence electrons. The van der Waals surface area contributed by atoms with Gasteiger partial charge in [0.1, 0.15) is 0 Å². The van der Waals surface area contributed by atoms with E-state index < -0.39 is 0 Å². The van der Waals surface area contributed by atoms with E-state index in [4.69, 9.17) is 0 Å². The topological polar surface area (TPSA) is 0 Å². The minimum atomic E-state index is 0.488. The molecule has 0 saturated carbocycles. The second kappa shape index (κ2) is 7.35. The van der Waals surface area contributed by atoms with E-state index in [0.29, 0.717) is 5.41 Å². The maximum atomic E-state index is 2.45. The third-order valence-corrected chi connectivity index (χ3v) is 4.54. The summed E-state index contributed by atoms with van der Waals surface area (Å²) >= 11 is 0. The van der Waals surface area contributed by atoms with Gasteiger partial charge in [0, 0.05) is 0 Å². The lowest BCUT2D eigenvalue weighted by Gasteiger charge is -2.32. The molecule has 0 aromatic heterocycles. The van der Waals surface area contributed by atoms with Crippen LogP contribution in [0.3, 0.4) is 0 Å². The summed E-state index contributed by atoms with van der Waals surface area (Å²) in [5, 5.41) is 0. The van der Waals surface area contributed by atoms with Crippen molar-refractivity contribution in [2.75, 3.05) is 0 Å². The largest absolute Gasteiger partial charge is 0.0651 e. The van der Waals surface area contributed by atoms with Crippen molar-refractivity contribution in [1.82, 2.24) is 0 Å². The SMILES string of the molecule is CCC(CC)C(C)CCC(CC)C(C)(C)C. The number of hydrogen-bond acceptors (Lipinski definition) is 0. The third-order valence-electron chi connectivity index (χ3n) is 4.54. The first-order chi connectivity index (χ1) is 7.36. The molecule has 0 amide bonds. The number of rotatable bonds is 7. The van der Waals surface area contributed by atoms with E-state index in [0.717, 1.165) is 17.8 Å². The quantitative estimate of drug-likeness (QED) is 0.506. The molecule has 2 unspecified atom stereocenters. The van der Waals surface area contributed by atoms with Crippen LogP contribution in [0, 0.1) is 23.2 Å². The molecule has 0 N–H and O–H groups in total. The highest BCUT2D eigenvalue weighted by Crippen LogP contribution is 2.35. The Balaban J connectivity index is 4.11. The summed E-state index contributed by atoms with van der Waals surface area (Å²) in [4.78, 5) is 0. The van der Waals surface area contributed by atoms with Crippen molar-refractivity contribution in [2.45, 2.75) is 80.6 Å². The number of hydrogen-bond donors (Lipinski definition) is 0. The first-order valence-corrected chi connectivity index (χ1v) is 7.36. The van der Waals surface area contributed by atoms with Crippen molar-refractivity contribution in [1.29, 1.82) is 0 Å². The van der Waals surface area contributed by atoms with Crippen molar-refractivity contribution in [2.24, 2.45) is 23.2 Å². The highest BCUT2D eigenvalue weighted by Gasteiger charge is 2.24. The highest BCUT2D eigenvalue weighted by atomic mass is 14.3. The molecule has 0 aromatic rings. The minimum absolute atomic E-state index is 0.488. The van der Waals surface area contributed by atoms with E-state index in [1.54, 1.807) is 0 Å². The standard InChI is InChI=1S/C16H34/c1-8-14(9-2)13(4)11-12-15(10-3)16(5,6)7/h13-15H,8-12H2,1-7H3. The van der Waals surface area contributed by atoms with Crippen LogP contribution in [-0.2, 0) is 0 Å². The normalized spacial score (nSPS) is 16.5. The molecular formula is C16H34. The van der Waals surface area contributed by atoms with Gasteiger partial charge in [0.15, 0.2) is 0 Å². The molecule has 0 aromatic carbocycles. The lowest BCUT2D eigenvalue weighted by molar-refractivity contribution is 0.191. The van der Waals surface area contributed by atoms with Crippen LogP contribution in [0.15, 0.2) is 0 Å². The van der Waals surface area contributed by atoms with E-state index in [-0.39, 0.29) is 0 Å². The zero-order chi connectivity index (χ0) is 12.8. The molecule has 0 fully saturated rings. The Bertz CT molecular complexity index is 159. The van der Waals surface area contributed by atoms with Gasteiger partial charge in [-0.05, 0) is 29.6 Å². The Kier molecular flexibility index (Phi) is 7.35. The first kappa shape index (κ1) is 16.0. The van der Waals surface area contributed by atoms with Gasteiger partial charge in [0.2, 0.25) is 0 Å². The minimum Gasteiger partial charge on any atom is -0.0651 e. The smallest absolute Gasteiger partial charge is 0.0354 e. The zero-order valence-corrected chi connectivity index (χ0v) is 12.8. The molecular weight excluding hydrogens is 192 g/mol. The second-order valence-electron chi connectivity index (χ2n) is 6.60. The Morgan fingerprint density at radius 3 is 1.62 bits per heavy atom. The molecule has 0 aliphatic carbocycles. The van der Waals surface area contributed by atoms with E-state index >= 15 is 0 Å². The average molecular weight is 226 g/mol. The van der Waals surface area contributed by atoms with Gasteiger partial charge in [-0.3, -0.25) is 0 Å². The molecule has 0 aliphatic rings. The van der Waals surface area contributed by atoms with Gasteiger partial charge >= 0.3 is 0 Å². The maximum absolute atomic E-state index is 2.45. The van der Waals surface area contributed by atoms with Crippen molar-refractivity contribution >= 4 is 0 Å². The van der Waals surface area contributed by atoms with Crippen LogP contribution in [0.1, 0.15) is 80.6 Å². The monoisotopic (exact) mass is 226 g/mol. The van der Waals surface area contributed by atoms with Crippen molar-refractivity contribution in [3.63, 3.8) is 0 Å².